The molecule has 0 amide bonds. The normalized spacial score (nSPS) is 17.0. The van der Waals surface area contributed by atoms with E-state index in [9.17, 15) is 9.59 Å². The average Bonchev–Trinajstić information content (AvgIpc) is 3.67. The second-order valence-corrected chi connectivity index (χ2v) is 17.7. The summed E-state index contributed by atoms with van der Waals surface area (Å²) in [6.45, 7) is 21.6. The summed E-state index contributed by atoms with van der Waals surface area (Å²) in [6.07, 6.45) is 0. The van der Waals surface area contributed by atoms with Gasteiger partial charge in [-0.2, -0.15) is 0 Å². The molecule has 0 N–H and O–H groups in total. The van der Waals surface area contributed by atoms with Crippen LogP contribution in [0.3, 0.4) is 0 Å². The maximum Gasteiger partial charge on any atom is 0.226 e. The maximum absolute atomic E-state index is 13.7. The molecule has 0 saturated carbocycles. The van der Waals surface area contributed by atoms with Crippen molar-refractivity contribution in [3.63, 3.8) is 0 Å². The Kier molecular flexibility index (Phi) is 7.67. The highest BCUT2D eigenvalue weighted by Gasteiger charge is 2.43. The summed E-state index contributed by atoms with van der Waals surface area (Å²) in [5.74, 6) is 1.72. The molecule has 0 atom stereocenters. The van der Waals surface area contributed by atoms with E-state index < -0.39 is 5.60 Å². The molecule has 3 nitrogen and oxygen atoms in total. The molecule has 0 spiro atoms. The fourth-order valence-corrected chi connectivity index (χ4v) is 12.1. The van der Waals surface area contributed by atoms with Gasteiger partial charge in [-0.1, -0.05) is 52.0 Å². The average molecular weight is 683 g/mol. The molecule has 0 bridgehead atoms. The van der Waals surface area contributed by atoms with Crippen LogP contribution in [0.1, 0.15) is 101 Å². The predicted molar refractivity (Wildman–Crippen MR) is 199 cm³/mol. The first kappa shape index (κ1) is 31.7. The van der Waals surface area contributed by atoms with Crippen LogP contribution in [-0.4, -0.2) is 10.2 Å². The number of ether oxygens (including phenoxy) is 1. The van der Waals surface area contributed by atoms with Crippen molar-refractivity contribution in [3.05, 3.63) is 94.2 Å². The molecule has 7 rings (SSSR count). The van der Waals surface area contributed by atoms with E-state index in [4.69, 9.17) is 4.74 Å². The fraction of sp³-hybridized carbons (Fsp3) is 0.333. The van der Waals surface area contributed by atoms with Crippen molar-refractivity contribution in [2.45, 2.75) is 86.7 Å². The monoisotopic (exact) mass is 682 g/mol. The van der Waals surface area contributed by atoms with Gasteiger partial charge in [0.1, 0.15) is 11.4 Å². The van der Waals surface area contributed by atoms with Gasteiger partial charge in [0.2, 0.25) is 10.2 Å². The number of rotatable bonds is 5. The zero-order valence-electron chi connectivity index (χ0n) is 28.0. The number of thiophene rings is 2. The zero-order valence-corrected chi connectivity index (χ0v) is 31.2. The molecule has 0 radical (unpaired) electrons. The molecule has 7 heteroatoms. The molecule has 2 aromatic carbocycles. The zero-order chi connectivity index (χ0) is 33.0. The number of carbonyl (C=O) groups excluding carboxylic acids is 2. The molecule has 236 valence electrons. The largest absolute Gasteiger partial charge is 0.482 e. The molecule has 2 aromatic heterocycles. The first-order chi connectivity index (χ1) is 21.7. The number of benzene rings is 2. The van der Waals surface area contributed by atoms with Crippen molar-refractivity contribution in [2.75, 3.05) is 0 Å². The van der Waals surface area contributed by atoms with Crippen molar-refractivity contribution in [3.8, 4) is 27.3 Å². The van der Waals surface area contributed by atoms with Crippen LogP contribution in [0.15, 0.2) is 46.2 Å². The molecule has 0 saturated heterocycles. The van der Waals surface area contributed by atoms with Gasteiger partial charge in [-0.3, -0.25) is 9.59 Å². The van der Waals surface area contributed by atoms with Gasteiger partial charge in [0, 0.05) is 40.4 Å². The van der Waals surface area contributed by atoms with E-state index in [0.29, 0.717) is 23.0 Å². The maximum atomic E-state index is 13.7. The third-order valence-electron chi connectivity index (χ3n) is 9.63. The molecule has 0 fully saturated rings. The van der Waals surface area contributed by atoms with Crippen molar-refractivity contribution in [1.29, 1.82) is 0 Å². The van der Waals surface area contributed by atoms with Gasteiger partial charge in [0.25, 0.3) is 0 Å². The molecular weight excluding hydrogens is 645 g/mol. The number of hydrogen-bond donors (Lipinski definition) is 0. The van der Waals surface area contributed by atoms with Gasteiger partial charge in [-0.05, 0) is 128 Å². The highest BCUT2D eigenvalue weighted by atomic mass is 32.2. The Bertz CT molecular complexity index is 2080. The lowest BCUT2D eigenvalue weighted by Gasteiger charge is -2.35. The van der Waals surface area contributed by atoms with Crippen LogP contribution >= 0.6 is 46.2 Å². The minimum atomic E-state index is -0.459. The van der Waals surface area contributed by atoms with Crippen LogP contribution in [0.2, 0.25) is 0 Å². The Hall–Kier alpha value is -2.84. The molecule has 0 aliphatic carbocycles. The highest BCUT2D eigenvalue weighted by molar-refractivity contribution is 8.25. The topological polar surface area (TPSA) is 43.4 Å². The van der Waals surface area contributed by atoms with E-state index in [-0.39, 0.29) is 10.2 Å². The first-order valence-electron chi connectivity index (χ1n) is 15.8. The Balaban J connectivity index is 1.32. The van der Waals surface area contributed by atoms with Crippen LogP contribution in [0.5, 0.6) is 5.75 Å². The van der Waals surface area contributed by atoms with E-state index in [1.54, 1.807) is 22.7 Å². The molecular formula is C39H38O3S4. The van der Waals surface area contributed by atoms with Crippen LogP contribution in [0.25, 0.3) is 32.7 Å². The Morgan fingerprint density at radius 3 is 1.80 bits per heavy atom. The molecule has 46 heavy (non-hydrogen) atoms. The summed E-state index contributed by atoms with van der Waals surface area (Å²) >= 11 is 5.82. The van der Waals surface area contributed by atoms with E-state index in [1.165, 1.54) is 50.7 Å². The van der Waals surface area contributed by atoms with Gasteiger partial charge in [-0.15, -0.1) is 22.7 Å². The van der Waals surface area contributed by atoms with Gasteiger partial charge < -0.3 is 4.74 Å². The summed E-state index contributed by atoms with van der Waals surface area (Å²) in [6, 6.07) is 13.3. The standard InChI is InChI=1S/C39H38O3S4/c1-17(2)23-11-13-25-26-14-12-24(16-28(26)42-39(9,10)27(25)15-23)32-20(6)22(8)34(44-32)30-36-35(45-38(30)41)29(37(40)46-36)33-21(7)19(5)31(43-33)18(3)4/h11-18H,1-10H3. The number of fused-ring (bicyclic) bond motifs is 4. The molecule has 4 aromatic rings. The van der Waals surface area contributed by atoms with Gasteiger partial charge >= 0.3 is 0 Å². The third kappa shape index (κ3) is 4.75. The van der Waals surface area contributed by atoms with Gasteiger partial charge in [0.15, 0.2) is 0 Å². The molecule has 0 unspecified atom stereocenters. The molecule has 3 aliphatic heterocycles. The smallest absolute Gasteiger partial charge is 0.226 e. The van der Waals surface area contributed by atoms with E-state index in [1.807, 2.05) is 0 Å². The lowest BCUT2D eigenvalue weighted by atomic mass is 9.83. The lowest BCUT2D eigenvalue weighted by molar-refractivity contribution is -0.106. The summed E-state index contributed by atoms with van der Waals surface area (Å²) in [5, 5.41) is 0.0740. The molecule has 3 aliphatic rings. The van der Waals surface area contributed by atoms with Crippen molar-refractivity contribution >= 4 is 67.6 Å². The minimum absolute atomic E-state index is 0.0290. The van der Waals surface area contributed by atoms with Crippen LogP contribution in [-0.2, 0) is 15.2 Å². The second kappa shape index (κ2) is 11.1. The van der Waals surface area contributed by atoms with Crippen LogP contribution in [0, 0.1) is 27.7 Å². The lowest BCUT2D eigenvalue weighted by Crippen LogP contribution is -2.29. The molecule has 5 heterocycles. The number of hydrogen-bond acceptors (Lipinski definition) is 7. The minimum Gasteiger partial charge on any atom is -0.482 e. The second-order valence-electron chi connectivity index (χ2n) is 13.7. The first-order valence-corrected chi connectivity index (χ1v) is 19.1. The Morgan fingerprint density at radius 2 is 1.22 bits per heavy atom. The van der Waals surface area contributed by atoms with E-state index in [2.05, 4.69) is 106 Å². The quantitative estimate of drug-likeness (QED) is 0.210. The van der Waals surface area contributed by atoms with Crippen molar-refractivity contribution in [2.24, 2.45) is 0 Å². The summed E-state index contributed by atoms with van der Waals surface area (Å²) < 4.78 is 6.69. The van der Waals surface area contributed by atoms with Gasteiger partial charge in [-0.25, -0.2) is 0 Å². The Labute approximate surface area is 288 Å². The predicted octanol–water partition coefficient (Wildman–Crippen LogP) is 11.9. The van der Waals surface area contributed by atoms with Crippen molar-refractivity contribution in [1.82, 2.24) is 0 Å². The third-order valence-corrected chi connectivity index (χ3v) is 14.9. The van der Waals surface area contributed by atoms with Crippen LogP contribution < -0.4 is 4.74 Å². The van der Waals surface area contributed by atoms with Crippen LogP contribution in [0.4, 0.5) is 0 Å². The Morgan fingerprint density at radius 1 is 0.652 bits per heavy atom. The summed E-state index contributed by atoms with van der Waals surface area (Å²) in [4.78, 5) is 33.4. The number of carbonyl (C=O) groups is 2. The fourth-order valence-electron chi connectivity index (χ4n) is 6.76. The SMILES string of the molecule is Cc1c(C2=C3SC(=O)C(c4sc(C(C)C)c(C)c4C)=C3SC2=O)sc(-c2ccc3c(c2)OC(C)(C)c2cc(C(C)C)ccc2-3)c1C. The van der Waals surface area contributed by atoms with Crippen molar-refractivity contribution < 1.29 is 14.3 Å². The van der Waals surface area contributed by atoms with Gasteiger partial charge in [0.05, 0.1) is 11.1 Å². The van der Waals surface area contributed by atoms with E-state index in [0.717, 1.165) is 58.0 Å². The summed E-state index contributed by atoms with van der Waals surface area (Å²) in [5.41, 5.74) is 11.5. The summed E-state index contributed by atoms with van der Waals surface area (Å²) in [7, 11) is 0. The highest BCUT2D eigenvalue weighted by Crippen LogP contribution is 2.59. The van der Waals surface area contributed by atoms with E-state index >= 15 is 0 Å². The number of thioether (sulfide) groups is 2.